The predicted molar refractivity (Wildman–Crippen MR) is 74.5 cm³/mol. The molecule has 1 rings (SSSR count). The second kappa shape index (κ2) is 6.51. The lowest BCUT2D eigenvalue weighted by Gasteiger charge is -2.19. The molecule has 17 heavy (non-hydrogen) atoms. The maximum absolute atomic E-state index is 5.49. The van der Waals surface area contributed by atoms with Crippen molar-refractivity contribution in [2.45, 2.75) is 20.0 Å². The maximum Gasteiger partial charge on any atom is 0.122 e. The van der Waals surface area contributed by atoms with Crippen molar-refractivity contribution in [3.05, 3.63) is 24.0 Å². The highest BCUT2D eigenvalue weighted by Gasteiger charge is 2.03. The topological polar surface area (TPSA) is 51.4 Å². The van der Waals surface area contributed by atoms with Crippen molar-refractivity contribution in [2.75, 3.05) is 25.1 Å². The molecule has 0 aromatic carbocycles. The van der Waals surface area contributed by atoms with Gasteiger partial charge in [0.1, 0.15) is 4.99 Å². The molecule has 4 nitrogen and oxygen atoms in total. The molecule has 0 unspecified atom stereocenters. The van der Waals surface area contributed by atoms with Gasteiger partial charge in [-0.05, 0) is 26.0 Å². The van der Waals surface area contributed by atoms with Crippen molar-refractivity contribution >= 4 is 22.9 Å². The number of nitrogens with two attached hydrogens (primary N) is 1. The molecule has 1 aromatic heterocycles. The molecule has 0 bridgehead atoms. The highest BCUT2D eigenvalue weighted by atomic mass is 32.1. The van der Waals surface area contributed by atoms with Gasteiger partial charge in [-0.1, -0.05) is 12.2 Å². The zero-order valence-electron chi connectivity index (χ0n) is 10.5. The number of pyridine rings is 1. The van der Waals surface area contributed by atoms with Crippen molar-refractivity contribution < 1.29 is 4.74 Å². The van der Waals surface area contributed by atoms with Crippen LogP contribution >= 0.6 is 12.2 Å². The summed E-state index contributed by atoms with van der Waals surface area (Å²) in [6.45, 7) is 5.58. The Morgan fingerprint density at radius 1 is 1.53 bits per heavy atom. The van der Waals surface area contributed by atoms with Gasteiger partial charge in [-0.2, -0.15) is 0 Å². The van der Waals surface area contributed by atoms with Crippen LogP contribution in [-0.4, -0.2) is 36.3 Å². The normalized spacial score (nSPS) is 10.6. The Labute approximate surface area is 108 Å². The molecule has 1 heterocycles. The van der Waals surface area contributed by atoms with Gasteiger partial charge in [0.25, 0.3) is 0 Å². The quantitative estimate of drug-likeness (QED) is 0.780. The third kappa shape index (κ3) is 4.66. The molecular formula is C12H19N3OS. The van der Waals surface area contributed by atoms with Gasteiger partial charge in [-0.3, -0.25) is 4.98 Å². The molecule has 0 atom stereocenters. The molecule has 0 amide bonds. The van der Waals surface area contributed by atoms with Gasteiger partial charge < -0.3 is 15.4 Å². The summed E-state index contributed by atoms with van der Waals surface area (Å²) < 4.78 is 5.49. The van der Waals surface area contributed by atoms with Crippen LogP contribution in [0, 0.1) is 0 Å². The van der Waals surface area contributed by atoms with Crippen LogP contribution in [0.2, 0.25) is 0 Å². The number of thiocarbonyl (C=S) groups is 1. The SMILES string of the molecule is CC(C)OCCN(C)c1ccc(C(N)=S)nc1. The Balaban J connectivity index is 2.51. The van der Waals surface area contributed by atoms with Gasteiger partial charge in [0.15, 0.2) is 0 Å². The highest BCUT2D eigenvalue weighted by molar-refractivity contribution is 7.80. The number of anilines is 1. The molecular weight excluding hydrogens is 234 g/mol. The molecule has 1 aromatic rings. The van der Waals surface area contributed by atoms with E-state index in [1.54, 1.807) is 6.20 Å². The van der Waals surface area contributed by atoms with E-state index < -0.39 is 0 Å². The smallest absolute Gasteiger partial charge is 0.122 e. The Kier molecular flexibility index (Phi) is 5.31. The van der Waals surface area contributed by atoms with E-state index >= 15 is 0 Å². The molecule has 0 radical (unpaired) electrons. The number of aromatic nitrogens is 1. The first-order valence-electron chi connectivity index (χ1n) is 5.59. The van der Waals surface area contributed by atoms with Crippen LogP contribution in [0.15, 0.2) is 18.3 Å². The minimum Gasteiger partial charge on any atom is -0.388 e. The van der Waals surface area contributed by atoms with E-state index in [1.807, 2.05) is 33.0 Å². The van der Waals surface area contributed by atoms with Crippen molar-refractivity contribution in [3.63, 3.8) is 0 Å². The monoisotopic (exact) mass is 253 g/mol. The number of nitrogens with zero attached hydrogens (tertiary/aromatic N) is 2. The predicted octanol–water partition coefficient (Wildman–Crippen LogP) is 1.58. The van der Waals surface area contributed by atoms with E-state index in [0.717, 1.165) is 12.2 Å². The van der Waals surface area contributed by atoms with Crippen molar-refractivity contribution in [1.82, 2.24) is 4.98 Å². The summed E-state index contributed by atoms with van der Waals surface area (Å²) in [6.07, 6.45) is 2.03. The van der Waals surface area contributed by atoms with Crippen LogP contribution in [0.3, 0.4) is 0 Å². The van der Waals surface area contributed by atoms with Gasteiger partial charge >= 0.3 is 0 Å². The molecule has 0 aliphatic heterocycles. The van der Waals surface area contributed by atoms with E-state index in [4.69, 9.17) is 22.7 Å². The number of likely N-dealkylation sites (N-methyl/N-ethyl adjacent to an activating group) is 1. The fraction of sp³-hybridized carbons (Fsp3) is 0.500. The van der Waals surface area contributed by atoms with E-state index in [9.17, 15) is 0 Å². The second-order valence-corrected chi connectivity index (χ2v) is 4.55. The first-order chi connectivity index (χ1) is 8.00. The number of rotatable bonds is 6. The van der Waals surface area contributed by atoms with Gasteiger partial charge in [-0.25, -0.2) is 0 Å². The van der Waals surface area contributed by atoms with E-state index in [2.05, 4.69) is 9.88 Å². The van der Waals surface area contributed by atoms with E-state index in [1.165, 1.54) is 0 Å². The zero-order chi connectivity index (χ0) is 12.8. The molecule has 2 N–H and O–H groups in total. The summed E-state index contributed by atoms with van der Waals surface area (Å²) in [4.78, 5) is 6.60. The fourth-order valence-electron chi connectivity index (χ4n) is 1.31. The summed E-state index contributed by atoms with van der Waals surface area (Å²) in [6, 6.07) is 3.79. The number of ether oxygens (including phenoxy) is 1. The Bertz CT molecular complexity index is 365. The zero-order valence-corrected chi connectivity index (χ0v) is 11.3. The number of hydrogen-bond acceptors (Lipinski definition) is 4. The van der Waals surface area contributed by atoms with Gasteiger partial charge in [-0.15, -0.1) is 0 Å². The van der Waals surface area contributed by atoms with Gasteiger partial charge in [0, 0.05) is 13.6 Å². The Hall–Kier alpha value is -1.20. The summed E-state index contributed by atoms with van der Waals surface area (Å²) in [7, 11) is 2.00. The maximum atomic E-state index is 5.49. The Morgan fingerprint density at radius 3 is 2.71 bits per heavy atom. The summed E-state index contributed by atoms with van der Waals surface area (Å²) in [5, 5.41) is 0. The van der Waals surface area contributed by atoms with Crippen LogP contribution in [0.1, 0.15) is 19.5 Å². The van der Waals surface area contributed by atoms with Crippen molar-refractivity contribution in [3.8, 4) is 0 Å². The van der Waals surface area contributed by atoms with Crippen LogP contribution in [0.25, 0.3) is 0 Å². The second-order valence-electron chi connectivity index (χ2n) is 4.11. The van der Waals surface area contributed by atoms with Gasteiger partial charge in [0.05, 0.1) is 30.3 Å². The molecule has 0 fully saturated rings. The molecule has 0 saturated carbocycles. The average Bonchev–Trinajstić information content (AvgIpc) is 2.28. The molecule has 0 spiro atoms. The van der Waals surface area contributed by atoms with Gasteiger partial charge in [0.2, 0.25) is 0 Å². The molecule has 94 valence electrons. The lowest BCUT2D eigenvalue weighted by atomic mass is 10.3. The number of hydrogen-bond donors (Lipinski definition) is 1. The first-order valence-corrected chi connectivity index (χ1v) is 6.00. The summed E-state index contributed by atoms with van der Waals surface area (Å²) in [5.74, 6) is 0. The first kappa shape index (κ1) is 13.9. The molecule has 0 aliphatic carbocycles. The minimum atomic E-state index is 0.263. The van der Waals surface area contributed by atoms with Crippen molar-refractivity contribution in [2.24, 2.45) is 5.73 Å². The molecule has 0 saturated heterocycles. The fourth-order valence-corrected chi connectivity index (χ4v) is 1.43. The summed E-state index contributed by atoms with van der Waals surface area (Å²) >= 11 is 4.85. The van der Waals surface area contributed by atoms with E-state index in [-0.39, 0.29) is 6.10 Å². The average molecular weight is 253 g/mol. The van der Waals surface area contributed by atoms with Crippen LogP contribution in [-0.2, 0) is 4.74 Å². The van der Waals surface area contributed by atoms with E-state index in [0.29, 0.717) is 17.3 Å². The standard InChI is InChI=1S/C12H19N3OS/c1-9(2)16-7-6-15(3)10-4-5-11(12(13)17)14-8-10/h4-5,8-9H,6-7H2,1-3H3,(H2,13,17). The lowest BCUT2D eigenvalue weighted by molar-refractivity contribution is 0.0846. The highest BCUT2D eigenvalue weighted by Crippen LogP contribution is 2.11. The molecule has 0 aliphatic rings. The van der Waals surface area contributed by atoms with Crippen LogP contribution in [0.5, 0.6) is 0 Å². The molecule has 5 heteroatoms. The minimum absolute atomic E-state index is 0.263. The largest absolute Gasteiger partial charge is 0.388 e. The van der Waals surface area contributed by atoms with Crippen LogP contribution < -0.4 is 10.6 Å². The lowest BCUT2D eigenvalue weighted by Crippen LogP contribution is -2.24. The Morgan fingerprint density at radius 2 is 2.24 bits per heavy atom. The van der Waals surface area contributed by atoms with Crippen LogP contribution in [0.4, 0.5) is 5.69 Å². The summed E-state index contributed by atoms with van der Waals surface area (Å²) in [5.41, 5.74) is 7.16. The third-order valence-corrected chi connectivity index (χ3v) is 2.53. The third-order valence-electron chi connectivity index (χ3n) is 2.32. The van der Waals surface area contributed by atoms with Crippen molar-refractivity contribution in [1.29, 1.82) is 0 Å².